The fraction of sp³-hybridized carbons (Fsp3) is 0.643. The van der Waals surface area contributed by atoms with Gasteiger partial charge in [-0.3, -0.25) is 4.79 Å². The number of piperidine rings is 1. The Morgan fingerprint density at radius 1 is 1.68 bits per heavy atom. The van der Waals surface area contributed by atoms with Crippen molar-refractivity contribution in [2.45, 2.75) is 38.3 Å². The van der Waals surface area contributed by atoms with E-state index in [0.29, 0.717) is 6.54 Å². The molecule has 0 aliphatic carbocycles. The van der Waals surface area contributed by atoms with Crippen LogP contribution in [0.5, 0.6) is 0 Å². The summed E-state index contributed by atoms with van der Waals surface area (Å²) in [5.74, 6) is 0.0206. The molecule has 1 amide bonds. The molecule has 0 bridgehead atoms. The average Bonchev–Trinajstić information content (AvgIpc) is 2.98. The van der Waals surface area contributed by atoms with Crippen molar-refractivity contribution in [1.29, 1.82) is 0 Å². The van der Waals surface area contributed by atoms with E-state index in [9.17, 15) is 4.79 Å². The first kappa shape index (κ1) is 14.5. The number of thiophene rings is 1. The molecule has 0 aromatic carbocycles. The first-order chi connectivity index (χ1) is 9.22. The second kappa shape index (κ2) is 7.03. The Morgan fingerprint density at radius 3 is 3.21 bits per heavy atom. The van der Waals surface area contributed by atoms with Crippen molar-refractivity contribution < 1.29 is 9.53 Å². The molecule has 0 radical (unpaired) electrons. The van der Waals surface area contributed by atoms with E-state index in [0.717, 1.165) is 37.3 Å². The van der Waals surface area contributed by atoms with Crippen LogP contribution in [0.3, 0.4) is 0 Å². The molecule has 0 saturated carbocycles. The van der Waals surface area contributed by atoms with Gasteiger partial charge < -0.3 is 15.4 Å². The molecule has 1 aliphatic rings. The van der Waals surface area contributed by atoms with E-state index in [4.69, 9.17) is 10.5 Å². The molecule has 1 aliphatic heterocycles. The van der Waals surface area contributed by atoms with Gasteiger partial charge in [-0.05, 0) is 30.7 Å². The summed E-state index contributed by atoms with van der Waals surface area (Å²) in [6, 6.07) is 3.32. The molecule has 5 heteroatoms. The molecule has 19 heavy (non-hydrogen) atoms. The van der Waals surface area contributed by atoms with Gasteiger partial charge in [0.05, 0.1) is 6.10 Å². The van der Waals surface area contributed by atoms with Crippen LogP contribution >= 0.6 is 11.3 Å². The average molecular weight is 282 g/mol. The highest BCUT2D eigenvalue weighted by Crippen LogP contribution is 2.21. The Bertz CT molecular complexity index is 394. The van der Waals surface area contributed by atoms with E-state index in [1.54, 1.807) is 0 Å². The third-order valence-electron chi connectivity index (χ3n) is 3.36. The molecule has 1 aromatic heterocycles. The van der Waals surface area contributed by atoms with Crippen molar-refractivity contribution in [3.63, 3.8) is 0 Å². The normalized spacial score (nSPS) is 21.4. The monoisotopic (exact) mass is 282 g/mol. The second-order valence-corrected chi connectivity index (χ2v) is 5.89. The van der Waals surface area contributed by atoms with Crippen LogP contribution in [0.25, 0.3) is 0 Å². The molecular weight excluding hydrogens is 260 g/mol. The van der Waals surface area contributed by atoms with Gasteiger partial charge in [0, 0.05) is 24.6 Å². The minimum absolute atomic E-state index is 0.0206. The molecule has 2 N–H and O–H groups in total. The number of carbonyl (C=O) groups is 1. The van der Waals surface area contributed by atoms with Crippen LogP contribution in [0.1, 0.15) is 37.1 Å². The van der Waals surface area contributed by atoms with Crippen LogP contribution < -0.4 is 5.73 Å². The number of hydrogen-bond acceptors (Lipinski definition) is 4. The lowest BCUT2D eigenvalue weighted by molar-refractivity contribution is -0.136. The number of rotatable bonds is 5. The summed E-state index contributed by atoms with van der Waals surface area (Å²) in [6.07, 6.45) is 3.22. The van der Waals surface area contributed by atoms with E-state index < -0.39 is 6.04 Å². The zero-order chi connectivity index (χ0) is 13.7. The number of nitrogens with zero attached hydrogens (tertiary/aromatic N) is 1. The van der Waals surface area contributed by atoms with E-state index >= 15 is 0 Å². The van der Waals surface area contributed by atoms with Gasteiger partial charge >= 0.3 is 0 Å². The smallest absolute Gasteiger partial charge is 0.245 e. The first-order valence-electron chi connectivity index (χ1n) is 6.91. The number of likely N-dealkylation sites (tertiary alicyclic amines) is 1. The quantitative estimate of drug-likeness (QED) is 0.900. The molecule has 4 nitrogen and oxygen atoms in total. The molecule has 106 valence electrons. The lowest BCUT2D eigenvalue weighted by atomic mass is 10.1. The van der Waals surface area contributed by atoms with Gasteiger partial charge in [-0.25, -0.2) is 0 Å². The summed E-state index contributed by atoms with van der Waals surface area (Å²) < 4.78 is 5.75. The third-order valence-corrected chi connectivity index (χ3v) is 4.32. The molecule has 2 atom stereocenters. The Labute approximate surface area is 118 Å². The summed E-state index contributed by atoms with van der Waals surface area (Å²) in [5, 5.41) is 1.95. The van der Waals surface area contributed by atoms with Crippen molar-refractivity contribution in [3.05, 3.63) is 22.4 Å². The predicted octanol–water partition coefficient (Wildman–Crippen LogP) is 2.17. The molecule has 1 fully saturated rings. The summed E-state index contributed by atoms with van der Waals surface area (Å²) in [5.41, 5.74) is 6.04. The highest BCUT2D eigenvalue weighted by Gasteiger charge is 2.28. The van der Waals surface area contributed by atoms with Crippen molar-refractivity contribution in [3.8, 4) is 0 Å². The number of hydrogen-bond donors (Lipinski definition) is 1. The minimum atomic E-state index is -0.523. The summed E-state index contributed by atoms with van der Waals surface area (Å²) in [6.45, 7) is 4.34. The van der Waals surface area contributed by atoms with Crippen molar-refractivity contribution in [2.24, 2.45) is 5.73 Å². The van der Waals surface area contributed by atoms with Crippen molar-refractivity contribution >= 4 is 17.2 Å². The molecule has 1 saturated heterocycles. The number of amides is 1. The molecule has 2 unspecified atom stereocenters. The molecular formula is C14H22N2O2S. The Kier molecular flexibility index (Phi) is 5.36. The summed E-state index contributed by atoms with van der Waals surface area (Å²) >= 11 is 1.53. The van der Waals surface area contributed by atoms with Gasteiger partial charge in [0.15, 0.2) is 0 Å². The fourth-order valence-electron chi connectivity index (χ4n) is 2.35. The minimum Gasteiger partial charge on any atom is -0.376 e. The predicted molar refractivity (Wildman–Crippen MR) is 77.1 cm³/mol. The van der Waals surface area contributed by atoms with Crippen molar-refractivity contribution in [1.82, 2.24) is 4.90 Å². The fourth-order valence-corrected chi connectivity index (χ4v) is 3.06. The molecule has 2 heterocycles. The SMILES string of the molecule is CCCOC1CCCN(C(=O)C(N)c2cccs2)C1. The van der Waals surface area contributed by atoms with E-state index in [1.165, 1.54) is 11.3 Å². The highest BCUT2D eigenvalue weighted by molar-refractivity contribution is 7.10. The Morgan fingerprint density at radius 2 is 2.53 bits per heavy atom. The van der Waals surface area contributed by atoms with Crippen LogP contribution in [-0.4, -0.2) is 36.6 Å². The standard InChI is InChI=1S/C14H22N2O2S/c1-2-8-18-11-5-3-7-16(10-11)14(17)13(15)12-6-4-9-19-12/h4,6,9,11,13H,2-3,5,7-8,10,15H2,1H3. The maximum absolute atomic E-state index is 12.4. The number of ether oxygens (including phenoxy) is 1. The van der Waals surface area contributed by atoms with E-state index in [2.05, 4.69) is 6.92 Å². The Hall–Kier alpha value is -0.910. The highest BCUT2D eigenvalue weighted by atomic mass is 32.1. The summed E-state index contributed by atoms with van der Waals surface area (Å²) in [4.78, 5) is 15.2. The van der Waals surface area contributed by atoms with Crippen LogP contribution in [0.2, 0.25) is 0 Å². The first-order valence-corrected chi connectivity index (χ1v) is 7.79. The van der Waals surface area contributed by atoms with Gasteiger partial charge in [0.2, 0.25) is 5.91 Å². The van der Waals surface area contributed by atoms with Gasteiger partial charge in [0.25, 0.3) is 0 Å². The van der Waals surface area contributed by atoms with Crippen molar-refractivity contribution in [2.75, 3.05) is 19.7 Å². The zero-order valence-corrected chi connectivity index (χ0v) is 12.2. The van der Waals surface area contributed by atoms with Crippen LogP contribution in [0.4, 0.5) is 0 Å². The Balaban J connectivity index is 1.91. The van der Waals surface area contributed by atoms with E-state index in [-0.39, 0.29) is 12.0 Å². The topological polar surface area (TPSA) is 55.6 Å². The number of nitrogens with two attached hydrogens (primary N) is 1. The second-order valence-electron chi connectivity index (χ2n) is 4.91. The summed E-state index contributed by atoms with van der Waals surface area (Å²) in [7, 11) is 0. The lowest BCUT2D eigenvalue weighted by Crippen LogP contribution is -2.46. The zero-order valence-electron chi connectivity index (χ0n) is 11.4. The molecule has 0 spiro atoms. The van der Waals surface area contributed by atoms with E-state index in [1.807, 2.05) is 22.4 Å². The van der Waals surface area contributed by atoms with Crippen LogP contribution in [0.15, 0.2) is 17.5 Å². The van der Waals surface area contributed by atoms with Crippen LogP contribution in [0, 0.1) is 0 Å². The van der Waals surface area contributed by atoms with Crippen LogP contribution in [-0.2, 0) is 9.53 Å². The van der Waals surface area contributed by atoms with Gasteiger partial charge in [-0.15, -0.1) is 11.3 Å². The third kappa shape index (κ3) is 3.78. The van der Waals surface area contributed by atoms with Gasteiger partial charge in [-0.2, -0.15) is 0 Å². The molecule has 1 aromatic rings. The maximum atomic E-state index is 12.4. The number of carbonyl (C=O) groups excluding carboxylic acids is 1. The maximum Gasteiger partial charge on any atom is 0.245 e. The largest absolute Gasteiger partial charge is 0.376 e. The molecule has 2 rings (SSSR count). The lowest BCUT2D eigenvalue weighted by Gasteiger charge is -2.34. The van der Waals surface area contributed by atoms with Gasteiger partial charge in [-0.1, -0.05) is 13.0 Å². The van der Waals surface area contributed by atoms with Gasteiger partial charge in [0.1, 0.15) is 6.04 Å².